The summed E-state index contributed by atoms with van der Waals surface area (Å²) in [6.07, 6.45) is 3.98. The molecule has 0 amide bonds. The lowest BCUT2D eigenvalue weighted by atomic mass is 10.00. The monoisotopic (exact) mass is 370 g/mol. The number of nitrogens with one attached hydrogen (secondary N) is 1. The molecule has 0 aliphatic carbocycles. The van der Waals surface area contributed by atoms with Gasteiger partial charge in [-0.2, -0.15) is 0 Å². The van der Waals surface area contributed by atoms with E-state index in [0.717, 1.165) is 24.1 Å². The second kappa shape index (κ2) is 6.96. The predicted molar refractivity (Wildman–Crippen MR) is 83.5 cm³/mol. The smallest absolute Gasteiger partial charge is 0.141 e. The van der Waals surface area contributed by atoms with Gasteiger partial charge in [0.15, 0.2) is 0 Å². The summed E-state index contributed by atoms with van der Waals surface area (Å²) in [5.41, 5.74) is 1.98. The minimum Gasteiger partial charge on any atom is -0.306 e. The van der Waals surface area contributed by atoms with Crippen LogP contribution in [0.1, 0.15) is 30.5 Å². The largest absolute Gasteiger partial charge is 0.306 e. The highest BCUT2D eigenvalue weighted by molar-refractivity contribution is 14.1. The summed E-state index contributed by atoms with van der Waals surface area (Å²) >= 11 is 2.28. The first-order valence-corrected chi connectivity index (χ1v) is 7.38. The van der Waals surface area contributed by atoms with Crippen LogP contribution in [0.2, 0.25) is 0 Å². The van der Waals surface area contributed by atoms with Crippen LogP contribution < -0.4 is 5.32 Å². The van der Waals surface area contributed by atoms with E-state index in [9.17, 15) is 4.39 Å². The van der Waals surface area contributed by atoms with Gasteiger partial charge in [-0.3, -0.25) is 4.98 Å². The zero-order chi connectivity index (χ0) is 13.7. The molecule has 0 aliphatic rings. The molecule has 1 aromatic heterocycles. The quantitative estimate of drug-likeness (QED) is 0.808. The van der Waals surface area contributed by atoms with Crippen molar-refractivity contribution < 1.29 is 4.39 Å². The molecule has 1 aromatic carbocycles. The van der Waals surface area contributed by atoms with Crippen molar-refractivity contribution in [3.8, 4) is 0 Å². The van der Waals surface area contributed by atoms with Gasteiger partial charge in [-0.05, 0) is 64.9 Å². The van der Waals surface area contributed by atoms with Gasteiger partial charge in [-0.15, -0.1) is 0 Å². The van der Waals surface area contributed by atoms with Gasteiger partial charge in [0.05, 0.1) is 12.2 Å². The van der Waals surface area contributed by atoms with Crippen LogP contribution in [-0.4, -0.2) is 11.5 Å². The van der Waals surface area contributed by atoms with E-state index in [-0.39, 0.29) is 11.9 Å². The average Bonchev–Trinajstić information content (AvgIpc) is 2.41. The number of rotatable bonds is 5. The fraction of sp³-hybridized carbons (Fsp3) is 0.267. The fourth-order valence-electron chi connectivity index (χ4n) is 1.96. The summed E-state index contributed by atoms with van der Waals surface area (Å²) in [4.78, 5) is 3.94. The molecular formula is C15H16FIN2. The zero-order valence-corrected chi connectivity index (χ0v) is 12.9. The van der Waals surface area contributed by atoms with E-state index in [1.165, 1.54) is 15.8 Å². The number of aromatic nitrogens is 1. The van der Waals surface area contributed by atoms with Crippen molar-refractivity contribution in [3.63, 3.8) is 0 Å². The number of halogens is 2. The van der Waals surface area contributed by atoms with Gasteiger partial charge in [0.25, 0.3) is 0 Å². The minimum absolute atomic E-state index is 0.0138. The summed E-state index contributed by atoms with van der Waals surface area (Å²) < 4.78 is 14.5. The van der Waals surface area contributed by atoms with Crippen molar-refractivity contribution in [2.75, 3.05) is 6.54 Å². The van der Waals surface area contributed by atoms with E-state index in [1.807, 2.05) is 0 Å². The van der Waals surface area contributed by atoms with Crippen LogP contribution in [0.15, 0.2) is 42.7 Å². The molecule has 4 heteroatoms. The first-order valence-electron chi connectivity index (χ1n) is 6.30. The van der Waals surface area contributed by atoms with Gasteiger partial charge < -0.3 is 5.32 Å². The van der Waals surface area contributed by atoms with Crippen molar-refractivity contribution in [3.05, 3.63) is 63.2 Å². The van der Waals surface area contributed by atoms with E-state index in [4.69, 9.17) is 0 Å². The SMILES string of the molecule is CCCNC(c1ccc(I)cc1)c1cncc(F)c1. The Kier molecular flexibility index (Phi) is 5.27. The molecule has 19 heavy (non-hydrogen) atoms. The topological polar surface area (TPSA) is 24.9 Å². The third-order valence-corrected chi connectivity index (χ3v) is 3.58. The van der Waals surface area contributed by atoms with Crippen molar-refractivity contribution in [1.82, 2.24) is 10.3 Å². The molecule has 0 fully saturated rings. The highest BCUT2D eigenvalue weighted by atomic mass is 127. The van der Waals surface area contributed by atoms with Crippen LogP contribution in [0.5, 0.6) is 0 Å². The van der Waals surface area contributed by atoms with E-state index in [0.29, 0.717) is 0 Å². The summed E-state index contributed by atoms with van der Waals surface area (Å²) in [6.45, 7) is 3.00. The lowest BCUT2D eigenvalue weighted by Crippen LogP contribution is -2.23. The molecule has 1 N–H and O–H groups in total. The molecule has 0 aliphatic heterocycles. The molecule has 2 nitrogen and oxygen atoms in total. The predicted octanol–water partition coefficient (Wildman–Crippen LogP) is 3.91. The first kappa shape index (κ1) is 14.4. The highest BCUT2D eigenvalue weighted by Crippen LogP contribution is 2.22. The lowest BCUT2D eigenvalue weighted by molar-refractivity contribution is 0.580. The zero-order valence-electron chi connectivity index (χ0n) is 10.7. The van der Waals surface area contributed by atoms with Crippen molar-refractivity contribution in [2.24, 2.45) is 0 Å². The summed E-state index contributed by atoms with van der Waals surface area (Å²) in [5.74, 6) is -0.300. The third-order valence-electron chi connectivity index (χ3n) is 2.86. The molecule has 1 unspecified atom stereocenters. The normalized spacial score (nSPS) is 12.4. The molecule has 1 atom stereocenters. The Morgan fingerprint density at radius 2 is 1.95 bits per heavy atom. The van der Waals surface area contributed by atoms with Gasteiger partial charge in [0.1, 0.15) is 5.82 Å². The molecule has 2 aromatic rings. The maximum Gasteiger partial charge on any atom is 0.141 e. The summed E-state index contributed by atoms with van der Waals surface area (Å²) in [6, 6.07) is 9.78. The van der Waals surface area contributed by atoms with Crippen molar-refractivity contribution in [2.45, 2.75) is 19.4 Å². The maximum atomic E-state index is 13.3. The lowest BCUT2D eigenvalue weighted by Gasteiger charge is -2.19. The Hall–Kier alpha value is -1.01. The van der Waals surface area contributed by atoms with Crippen LogP contribution in [0.25, 0.3) is 0 Å². The number of benzene rings is 1. The Morgan fingerprint density at radius 1 is 1.21 bits per heavy atom. The van der Waals surface area contributed by atoms with Gasteiger partial charge in [-0.1, -0.05) is 19.1 Å². The average molecular weight is 370 g/mol. The Bertz CT molecular complexity index is 528. The Morgan fingerprint density at radius 3 is 2.58 bits per heavy atom. The summed E-state index contributed by atoms with van der Waals surface area (Å²) in [5, 5.41) is 3.44. The van der Waals surface area contributed by atoms with Crippen LogP contribution in [0.4, 0.5) is 4.39 Å². The van der Waals surface area contributed by atoms with Gasteiger partial charge >= 0.3 is 0 Å². The van der Waals surface area contributed by atoms with Crippen LogP contribution >= 0.6 is 22.6 Å². The molecule has 100 valence electrons. The van der Waals surface area contributed by atoms with Crippen molar-refractivity contribution in [1.29, 1.82) is 0 Å². The first-order chi connectivity index (χ1) is 9.20. The molecular weight excluding hydrogens is 354 g/mol. The Labute approximate surface area is 126 Å². The minimum atomic E-state index is -0.300. The maximum absolute atomic E-state index is 13.3. The number of hydrogen-bond donors (Lipinski definition) is 1. The molecule has 2 rings (SSSR count). The van der Waals surface area contributed by atoms with Crippen LogP contribution in [0, 0.1) is 9.39 Å². The number of pyridine rings is 1. The number of hydrogen-bond acceptors (Lipinski definition) is 2. The van der Waals surface area contributed by atoms with Gasteiger partial charge in [0.2, 0.25) is 0 Å². The molecule has 0 bridgehead atoms. The Balaban J connectivity index is 2.32. The van der Waals surface area contributed by atoms with E-state index >= 15 is 0 Å². The van der Waals surface area contributed by atoms with E-state index < -0.39 is 0 Å². The fourth-order valence-corrected chi connectivity index (χ4v) is 2.32. The van der Waals surface area contributed by atoms with Crippen LogP contribution in [0.3, 0.4) is 0 Å². The molecule has 0 spiro atoms. The van der Waals surface area contributed by atoms with Crippen LogP contribution in [-0.2, 0) is 0 Å². The highest BCUT2D eigenvalue weighted by Gasteiger charge is 2.14. The van der Waals surface area contributed by atoms with E-state index in [1.54, 1.807) is 6.20 Å². The third kappa shape index (κ3) is 3.98. The van der Waals surface area contributed by atoms with Gasteiger partial charge in [0, 0.05) is 9.77 Å². The second-order valence-electron chi connectivity index (χ2n) is 4.38. The number of nitrogens with zero attached hydrogens (tertiary/aromatic N) is 1. The summed E-state index contributed by atoms with van der Waals surface area (Å²) in [7, 11) is 0. The van der Waals surface area contributed by atoms with E-state index in [2.05, 4.69) is 64.1 Å². The molecule has 0 saturated heterocycles. The second-order valence-corrected chi connectivity index (χ2v) is 5.62. The van der Waals surface area contributed by atoms with Gasteiger partial charge in [-0.25, -0.2) is 4.39 Å². The van der Waals surface area contributed by atoms with Crippen molar-refractivity contribution >= 4 is 22.6 Å². The molecule has 1 heterocycles. The standard InChI is InChI=1S/C15H16FIN2/c1-2-7-19-15(11-3-5-14(17)6-4-11)12-8-13(16)10-18-9-12/h3-6,8-10,15,19H,2,7H2,1H3. The molecule has 0 saturated carbocycles. The molecule has 0 radical (unpaired) electrons.